The standard InChI is InChI=1S/C25H36ClFN2O/c1-3-5-15-29(16-6-4-2)17-9-14-28-19-21-10-7-11-22(18-21)30-20-23-24(26)12-8-13-25(23)27/h7-8,10-13,18,28H,3-6,9,14-17,19-20H2,1-2H3. The Balaban J connectivity index is 1.73. The molecule has 30 heavy (non-hydrogen) atoms. The van der Waals surface area contributed by atoms with E-state index in [4.69, 9.17) is 16.3 Å². The Kier molecular flexibility index (Phi) is 11.8. The SMILES string of the molecule is CCCCN(CCCC)CCCNCc1cccc(OCc2c(F)cccc2Cl)c1. The molecule has 0 atom stereocenters. The van der Waals surface area contributed by atoms with E-state index in [-0.39, 0.29) is 12.4 Å². The highest BCUT2D eigenvalue weighted by Gasteiger charge is 2.08. The minimum atomic E-state index is -0.341. The van der Waals surface area contributed by atoms with Crippen molar-refractivity contribution in [2.75, 3.05) is 26.2 Å². The van der Waals surface area contributed by atoms with Gasteiger partial charge in [0.2, 0.25) is 0 Å². The molecular formula is C25H36ClFN2O. The zero-order chi connectivity index (χ0) is 21.6. The van der Waals surface area contributed by atoms with E-state index in [1.807, 2.05) is 18.2 Å². The van der Waals surface area contributed by atoms with Crippen LogP contribution in [0.3, 0.4) is 0 Å². The van der Waals surface area contributed by atoms with E-state index in [0.29, 0.717) is 10.6 Å². The summed E-state index contributed by atoms with van der Waals surface area (Å²) in [6, 6.07) is 12.6. The molecule has 1 N–H and O–H groups in total. The fraction of sp³-hybridized carbons (Fsp3) is 0.520. The van der Waals surface area contributed by atoms with Gasteiger partial charge in [-0.3, -0.25) is 0 Å². The second kappa shape index (κ2) is 14.4. The number of halogens is 2. The van der Waals surface area contributed by atoms with Gasteiger partial charge in [0.1, 0.15) is 18.2 Å². The molecule has 0 amide bonds. The van der Waals surface area contributed by atoms with Gasteiger partial charge < -0.3 is 15.0 Å². The van der Waals surface area contributed by atoms with Crippen molar-refractivity contribution in [3.05, 3.63) is 64.4 Å². The average molecular weight is 435 g/mol. The topological polar surface area (TPSA) is 24.5 Å². The zero-order valence-corrected chi connectivity index (χ0v) is 19.2. The Bertz CT molecular complexity index is 713. The van der Waals surface area contributed by atoms with E-state index in [9.17, 15) is 4.39 Å². The molecule has 166 valence electrons. The molecular weight excluding hydrogens is 399 g/mol. The summed E-state index contributed by atoms with van der Waals surface area (Å²) in [5.74, 6) is 0.381. The number of hydrogen-bond donors (Lipinski definition) is 1. The maximum absolute atomic E-state index is 13.9. The molecule has 2 aromatic rings. The molecule has 0 aliphatic rings. The molecule has 2 rings (SSSR count). The van der Waals surface area contributed by atoms with Crippen LogP contribution in [-0.4, -0.2) is 31.1 Å². The Morgan fingerprint density at radius 3 is 2.37 bits per heavy atom. The number of rotatable bonds is 15. The van der Waals surface area contributed by atoms with Crippen molar-refractivity contribution in [1.29, 1.82) is 0 Å². The van der Waals surface area contributed by atoms with Crippen molar-refractivity contribution in [1.82, 2.24) is 10.2 Å². The first kappa shape index (κ1) is 24.6. The number of unbranched alkanes of at least 4 members (excludes halogenated alkanes) is 2. The number of ether oxygens (including phenoxy) is 1. The van der Waals surface area contributed by atoms with Gasteiger partial charge >= 0.3 is 0 Å². The minimum absolute atomic E-state index is 0.119. The lowest BCUT2D eigenvalue weighted by Crippen LogP contribution is -2.29. The van der Waals surface area contributed by atoms with Crippen molar-refractivity contribution >= 4 is 11.6 Å². The molecule has 0 aromatic heterocycles. The molecule has 5 heteroatoms. The highest BCUT2D eigenvalue weighted by molar-refractivity contribution is 6.31. The predicted octanol–water partition coefficient (Wildman–Crippen LogP) is 6.44. The van der Waals surface area contributed by atoms with Crippen LogP contribution in [0.15, 0.2) is 42.5 Å². The average Bonchev–Trinajstić information content (AvgIpc) is 2.75. The Morgan fingerprint density at radius 1 is 0.967 bits per heavy atom. The van der Waals surface area contributed by atoms with E-state index >= 15 is 0 Å². The van der Waals surface area contributed by atoms with E-state index in [1.54, 1.807) is 12.1 Å². The molecule has 0 aliphatic heterocycles. The molecule has 0 spiro atoms. The monoisotopic (exact) mass is 434 g/mol. The molecule has 0 saturated heterocycles. The number of hydrogen-bond acceptors (Lipinski definition) is 3. The third kappa shape index (κ3) is 9.03. The van der Waals surface area contributed by atoms with Gasteiger partial charge in [-0.15, -0.1) is 0 Å². The van der Waals surface area contributed by atoms with Gasteiger partial charge in [-0.05, 0) is 75.3 Å². The van der Waals surface area contributed by atoms with Crippen LogP contribution in [-0.2, 0) is 13.2 Å². The second-order valence-corrected chi connectivity index (χ2v) is 8.12. The molecule has 0 fully saturated rings. The van der Waals surface area contributed by atoms with E-state index in [1.165, 1.54) is 44.8 Å². The molecule has 0 heterocycles. The van der Waals surface area contributed by atoms with Crippen molar-refractivity contribution in [3.63, 3.8) is 0 Å². The van der Waals surface area contributed by atoms with Gasteiger partial charge in [0.15, 0.2) is 0 Å². The predicted molar refractivity (Wildman–Crippen MR) is 125 cm³/mol. The summed E-state index contributed by atoms with van der Waals surface area (Å²) in [7, 11) is 0. The first-order valence-electron chi connectivity index (χ1n) is 11.2. The first-order valence-corrected chi connectivity index (χ1v) is 11.6. The first-order chi connectivity index (χ1) is 14.6. The van der Waals surface area contributed by atoms with Crippen LogP contribution >= 0.6 is 11.6 Å². The van der Waals surface area contributed by atoms with Crippen molar-refractivity contribution in [2.24, 2.45) is 0 Å². The minimum Gasteiger partial charge on any atom is -0.489 e. The largest absolute Gasteiger partial charge is 0.489 e. The molecule has 0 radical (unpaired) electrons. The highest BCUT2D eigenvalue weighted by atomic mass is 35.5. The summed E-state index contributed by atoms with van der Waals surface area (Å²) in [5.41, 5.74) is 1.54. The quantitative estimate of drug-likeness (QED) is 0.326. The van der Waals surface area contributed by atoms with Gasteiger partial charge in [-0.25, -0.2) is 4.39 Å². The Morgan fingerprint density at radius 2 is 1.67 bits per heavy atom. The third-order valence-electron chi connectivity index (χ3n) is 5.16. The molecule has 0 bridgehead atoms. The summed E-state index contributed by atoms with van der Waals surface area (Å²) < 4.78 is 19.7. The van der Waals surface area contributed by atoms with Gasteiger partial charge in [0.25, 0.3) is 0 Å². The molecule has 2 aromatic carbocycles. The Labute approximate surface area is 186 Å². The number of nitrogens with one attached hydrogen (secondary N) is 1. The number of nitrogens with zero attached hydrogens (tertiary/aromatic N) is 1. The lowest BCUT2D eigenvalue weighted by molar-refractivity contribution is 0.261. The van der Waals surface area contributed by atoms with Crippen molar-refractivity contribution in [3.8, 4) is 5.75 Å². The van der Waals surface area contributed by atoms with Crippen LogP contribution < -0.4 is 10.1 Å². The van der Waals surface area contributed by atoms with Crippen LogP contribution in [0.1, 0.15) is 57.1 Å². The van der Waals surface area contributed by atoms with Crippen molar-refractivity contribution in [2.45, 2.75) is 59.1 Å². The smallest absolute Gasteiger partial charge is 0.131 e. The molecule has 0 saturated carbocycles. The highest BCUT2D eigenvalue weighted by Crippen LogP contribution is 2.22. The van der Waals surface area contributed by atoms with Gasteiger partial charge in [0, 0.05) is 12.1 Å². The maximum atomic E-state index is 13.9. The zero-order valence-electron chi connectivity index (χ0n) is 18.4. The maximum Gasteiger partial charge on any atom is 0.131 e. The third-order valence-corrected chi connectivity index (χ3v) is 5.51. The second-order valence-electron chi connectivity index (χ2n) is 7.72. The lowest BCUT2D eigenvalue weighted by Gasteiger charge is -2.22. The molecule has 3 nitrogen and oxygen atoms in total. The van der Waals surface area contributed by atoms with Gasteiger partial charge in [-0.2, -0.15) is 0 Å². The summed E-state index contributed by atoms with van der Waals surface area (Å²) in [6.45, 7) is 9.98. The fourth-order valence-electron chi connectivity index (χ4n) is 3.33. The van der Waals surface area contributed by atoms with Crippen LogP contribution in [0.2, 0.25) is 5.02 Å². The lowest BCUT2D eigenvalue weighted by atomic mass is 10.2. The molecule has 0 aliphatic carbocycles. The van der Waals surface area contributed by atoms with Crippen LogP contribution in [0.5, 0.6) is 5.75 Å². The summed E-state index contributed by atoms with van der Waals surface area (Å²) in [6.07, 6.45) is 6.21. The summed E-state index contributed by atoms with van der Waals surface area (Å²) in [5, 5.41) is 3.91. The summed E-state index contributed by atoms with van der Waals surface area (Å²) >= 11 is 6.07. The van der Waals surface area contributed by atoms with Gasteiger partial charge in [0.05, 0.1) is 5.02 Å². The Hall–Kier alpha value is -1.62. The van der Waals surface area contributed by atoms with Crippen LogP contribution in [0, 0.1) is 5.82 Å². The summed E-state index contributed by atoms with van der Waals surface area (Å²) in [4.78, 5) is 2.59. The van der Waals surface area contributed by atoms with E-state index < -0.39 is 0 Å². The van der Waals surface area contributed by atoms with Crippen molar-refractivity contribution < 1.29 is 9.13 Å². The molecule has 0 unspecified atom stereocenters. The van der Waals surface area contributed by atoms with E-state index in [0.717, 1.165) is 37.4 Å². The van der Waals surface area contributed by atoms with Crippen LogP contribution in [0.4, 0.5) is 4.39 Å². The number of benzene rings is 2. The van der Waals surface area contributed by atoms with Crippen LogP contribution in [0.25, 0.3) is 0 Å². The van der Waals surface area contributed by atoms with Gasteiger partial charge in [-0.1, -0.05) is 56.5 Å². The van der Waals surface area contributed by atoms with E-state index in [2.05, 4.69) is 30.1 Å². The fourth-order valence-corrected chi connectivity index (χ4v) is 3.55. The normalized spacial score (nSPS) is 11.2.